The van der Waals surface area contributed by atoms with Gasteiger partial charge in [0, 0.05) is 18.5 Å². The fourth-order valence-electron chi connectivity index (χ4n) is 1.81. The van der Waals surface area contributed by atoms with Gasteiger partial charge in [0.25, 0.3) is 5.69 Å². The molecule has 104 valence electrons. The first-order chi connectivity index (χ1) is 8.93. The van der Waals surface area contributed by atoms with Crippen molar-refractivity contribution < 1.29 is 9.72 Å². The molecule has 19 heavy (non-hydrogen) atoms. The first kappa shape index (κ1) is 15.1. The predicted octanol–water partition coefficient (Wildman–Crippen LogP) is 2.36. The summed E-state index contributed by atoms with van der Waals surface area (Å²) in [5.74, 6) is -0.298. The minimum atomic E-state index is -0.505. The first-order valence-corrected chi connectivity index (χ1v) is 6.24. The van der Waals surface area contributed by atoms with Crippen LogP contribution in [0.5, 0.6) is 0 Å². The fraction of sp³-hybridized carbons (Fsp3) is 0.462. The summed E-state index contributed by atoms with van der Waals surface area (Å²) in [7, 11) is 0. The Bertz CT molecular complexity index is 474. The number of nitrogens with one attached hydrogen (secondary N) is 1. The highest BCUT2D eigenvalue weighted by Crippen LogP contribution is 2.25. The molecule has 0 bridgehead atoms. The Kier molecular flexibility index (Phi) is 5.44. The number of carbonyl (C=O) groups excluding carboxylic acids is 1. The summed E-state index contributed by atoms with van der Waals surface area (Å²) in [5, 5.41) is 13.5. The number of aryl methyl sites for hydroxylation is 1. The topological polar surface area (TPSA) is 98.3 Å². The molecule has 0 aliphatic carbocycles. The predicted molar refractivity (Wildman–Crippen MR) is 74.0 cm³/mol. The standard InChI is InChI=1S/C13H19N3O3/c1-3-4-10(14)8-13(17)15-11-6-5-9(2)7-12(11)16(18)19/h5-7,10H,3-4,8,14H2,1-2H3,(H,15,17). The molecular weight excluding hydrogens is 246 g/mol. The van der Waals surface area contributed by atoms with Crippen LogP contribution in [0, 0.1) is 17.0 Å². The van der Waals surface area contributed by atoms with E-state index in [9.17, 15) is 14.9 Å². The van der Waals surface area contributed by atoms with Gasteiger partial charge in [-0.3, -0.25) is 14.9 Å². The number of nitro benzene ring substituents is 1. The highest BCUT2D eigenvalue weighted by atomic mass is 16.6. The highest BCUT2D eigenvalue weighted by Gasteiger charge is 2.17. The van der Waals surface area contributed by atoms with Gasteiger partial charge in [-0.05, 0) is 25.0 Å². The number of nitrogens with two attached hydrogens (primary N) is 1. The lowest BCUT2D eigenvalue weighted by Crippen LogP contribution is -2.27. The number of carbonyl (C=O) groups is 1. The number of nitro groups is 1. The maximum absolute atomic E-state index is 11.7. The molecule has 6 nitrogen and oxygen atoms in total. The van der Waals surface area contributed by atoms with Crippen molar-refractivity contribution >= 4 is 17.3 Å². The summed E-state index contributed by atoms with van der Waals surface area (Å²) < 4.78 is 0. The SMILES string of the molecule is CCCC(N)CC(=O)Nc1ccc(C)cc1[N+](=O)[O-]. The average molecular weight is 265 g/mol. The average Bonchev–Trinajstić information content (AvgIpc) is 2.31. The van der Waals surface area contributed by atoms with Gasteiger partial charge in [0.15, 0.2) is 0 Å². The second kappa shape index (κ2) is 6.84. The molecule has 0 heterocycles. The Morgan fingerprint density at radius 1 is 1.53 bits per heavy atom. The zero-order chi connectivity index (χ0) is 14.4. The van der Waals surface area contributed by atoms with E-state index in [1.807, 2.05) is 6.92 Å². The lowest BCUT2D eigenvalue weighted by molar-refractivity contribution is -0.384. The van der Waals surface area contributed by atoms with E-state index in [4.69, 9.17) is 5.73 Å². The molecule has 1 atom stereocenters. The summed E-state index contributed by atoms with van der Waals surface area (Å²) in [4.78, 5) is 22.1. The molecule has 0 radical (unpaired) electrons. The molecule has 1 unspecified atom stereocenters. The molecule has 0 aromatic heterocycles. The molecule has 0 spiro atoms. The molecule has 1 rings (SSSR count). The fourth-order valence-corrected chi connectivity index (χ4v) is 1.81. The van der Waals surface area contributed by atoms with Gasteiger partial charge >= 0.3 is 0 Å². The molecular formula is C13H19N3O3. The van der Waals surface area contributed by atoms with Gasteiger partial charge < -0.3 is 11.1 Å². The molecule has 1 aromatic rings. The third kappa shape index (κ3) is 4.67. The maximum atomic E-state index is 11.7. The van der Waals surface area contributed by atoms with E-state index in [0.29, 0.717) is 0 Å². The normalized spacial score (nSPS) is 11.9. The molecule has 6 heteroatoms. The quantitative estimate of drug-likeness (QED) is 0.609. The van der Waals surface area contributed by atoms with Crippen LogP contribution in [0.15, 0.2) is 18.2 Å². The number of amides is 1. The molecule has 0 aliphatic rings. The largest absolute Gasteiger partial charge is 0.327 e. The Morgan fingerprint density at radius 2 is 2.21 bits per heavy atom. The molecule has 0 aliphatic heterocycles. The van der Waals surface area contributed by atoms with Crippen LogP contribution in [0.1, 0.15) is 31.7 Å². The van der Waals surface area contributed by atoms with Gasteiger partial charge in [-0.15, -0.1) is 0 Å². The van der Waals surface area contributed by atoms with Gasteiger partial charge in [0.2, 0.25) is 5.91 Å². The minimum absolute atomic E-state index is 0.0996. The Labute approximate surface area is 112 Å². The highest BCUT2D eigenvalue weighted by molar-refractivity contribution is 5.93. The van der Waals surface area contributed by atoms with Gasteiger partial charge in [-0.2, -0.15) is 0 Å². The maximum Gasteiger partial charge on any atom is 0.293 e. The van der Waals surface area contributed by atoms with E-state index in [2.05, 4.69) is 5.32 Å². The van der Waals surface area contributed by atoms with Crippen LogP contribution in [0.3, 0.4) is 0 Å². The summed E-state index contributed by atoms with van der Waals surface area (Å²) in [6.45, 7) is 3.75. The van der Waals surface area contributed by atoms with Gasteiger partial charge in [0.1, 0.15) is 5.69 Å². The summed E-state index contributed by atoms with van der Waals surface area (Å²) >= 11 is 0. The van der Waals surface area contributed by atoms with Gasteiger partial charge in [0.05, 0.1) is 4.92 Å². The molecule has 0 fully saturated rings. The molecule has 0 saturated heterocycles. The van der Waals surface area contributed by atoms with E-state index < -0.39 is 4.92 Å². The molecule has 1 aromatic carbocycles. The number of hydrogen-bond acceptors (Lipinski definition) is 4. The van der Waals surface area contributed by atoms with Crippen LogP contribution in [-0.4, -0.2) is 16.9 Å². The van der Waals surface area contributed by atoms with Crippen molar-refractivity contribution in [2.45, 2.75) is 39.2 Å². The van der Waals surface area contributed by atoms with Gasteiger partial charge in [-0.1, -0.05) is 19.4 Å². The van der Waals surface area contributed by atoms with E-state index >= 15 is 0 Å². The smallest absolute Gasteiger partial charge is 0.293 e. The monoisotopic (exact) mass is 265 g/mol. The number of benzene rings is 1. The van der Waals surface area contributed by atoms with E-state index in [-0.39, 0.29) is 29.7 Å². The summed E-state index contributed by atoms with van der Waals surface area (Å²) in [6, 6.07) is 4.47. The Morgan fingerprint density at radius 3 is 2.79 bits per heavy atom. The van der Waals surface area contributed by atoms with Crippen LogP contribution in [-0.2, 0) is 4.79 Å². The van der Waals surface area contributed by atoms with Crippen molar-refractivity contribution in [3.05, 3.63) is 33.9 Å². The number of nitrogens with zero attached hydrogens (tertiary/aromatic N) is 1. The minimum Gasteiger partial charge on any atom is -0.327 e. The third-order valence-electron chi connectivity index (χ3n) is 2.73. The molecule has 0 saturated carbocycles. The zero-order valence-electron chi connectivity index (χ0n) is 11.2. The third-order valence-corrected chi connectivity index (χ3v) is 2.73. The summed E-state index contributed by atoms with van der Waals surface area (Å²) in [6.07, 6.45) is 1.82. The van der Waals surface area contributed by atoms with Crippen molar-refractivity contribution in [2.24, 2.45) is 5.73 Å². The van der Waals surface area contributed by atoms with Crippen LogP contribution >= 0.6 is 0 Å². The van der Waals surface area contributed by atoms with Crippen molar-refractivity contribution in [1.82, 2.24) is 0 Å². The van der Waals surface area contributed by atoms with Crippen LogP contribution in [0.25, 0.3) is 0 Å². The van der Waals surface area contributed by atoms with Crippen LogP contribution < -0.4 is 11.1 Å². The lowest BCUT2D eigenvalue weighted by Gasteiger charge is -2.11. The van der Waals surface area contributed by atoms with E-state index in [1.54, 1.807) is 13.0 Å². The second-order valence-electron chi connectivity index (χ2n) is 4.58. The number of hydrogen-bond donors (Lipinski definition) is 2. The van der Waals surface area contributed by atoms with Crippen molar-refractivity contribution in [2.75, 3.05) is 5.32 Å². The number of anilines is 1. The zero-order valence-corrected chi connectivity index (χ0v) is 11.2. The Hall–Kier alpha value is -1.95. The summed E-state index contributed by atoms with van der Waals surface area (Å²) in [5.41, 5.74) is 6.65. The first-order valence-electron chi connectivity index (χ1n) is 6.24. The van der Waals surface area contributed by atoms with Crippen molar-refractivity contribution in [3.63, 3.8) is 0 Å². The lowest BCUT2D eigenvalue weighted by atomic mass is 10.1. The Balaban J connectivity index is 2.76. The van der Waals surface area contributed by atoms with E-state index in [1.165, 1.54) is 12.1 Å². The molecule has 3 N–H and O–H groups in total. The second-order valence-corrected chi connectivity index (χ2v) is 4.58. The van der Waals surface area contributed by atoms with Gasteiger partial charge in [-0.25, -0.2) is 0 Å². The van der Waals surface area contributed by atoms with Crippen LogP contribution in [0.2, 0.25) is 0 Å². The van der Waals surface area contributed by atoms with Crippen molar-refractivity contribution in [1.29, 1.82) is 0 Å². The van der Waals surface area contributed by atoms with E-state index in [0.717, 1.165) is 18.4 Å². The van der Waals surface area contributed by atoms with Crippen LogP contribution in [0.4, 0.5) is 11.4 Å². The number of rotatable bonds is 6. The molecule has 1 amide bonds. The van der Waals surface area contributed by atoms with Crippen molar-refractivity contribution in [3.8, 4) is 0 Å².